The Balaban J connectivity index is 0. The first-order valence-corrected chi connectivity index (χ1v) is 7.21. The van der Waals surface area contributed by atoms with Crippen molar-refractivity contribution >= 4 is 20.4 Å². The molecule has 0 amide bonds. The fraction of sp³-hybridized carbons (Fsp3) is 1.00. The summed E-state index contributed by atoms with van der Waals surface area (Å²) in [4.78, 5) is 0. The molecule has 0 aromatic rings. The lowest BCUT2D eigenvalue weighted by molar-refractivity contribution is 1.10. The molecular weight excluding hydrogens is 136 g/mol. The van der Waals surface area contributed by atoms with Gasteiger partial charge >= 0.3 is 0 Å². The zero-order valence-corrected chi connectivity index (χ0v) is 8.28. The summed E-state index contributed by atoms with van der Waals surface area (Å²) in [5, 5.41) is 0. The highest BCUT2D eigenvalue weighted by Gasteiger charge is 1.71. The Morgan fingerprint density at radius 3 is 1.38 bits per heavy atom. The highest BCUT2D eigenvalue weighted by Crippen LogP contribution is 1.75. The number of hydrogen-bond donors (Lipinski definition) is 0. The van der Waals surface area contributed by atoms with Crippen LogP contribution < -0.4 is 0 Å². The molecule has 0 spiro atoms. The minimum atomic E-state index is -0.139. The molecule has 0 aromatic heterocycles. The van der Waals surface area contributed by atoms with Gasteiger partial charge in [-0.25, -0.2) is 0 Å². The standard InChI is InChI=1S/C3H7Cl.C3H10Si/c1-2-3-4;1-4(2)3/h2-3H2,1H3;4H,1-3H3. The Kier molecular flexibility index (Phi) is 14.8. The van der Waals surface area contributed by atoms with Crippen LogP contribution in [0, 0.1) is 0 Å². The second-order valence-corrected chi connectivity index (χ2v) is 6.26. The van der Waals surface area contributed by atoms with Crippen molar-refractivity contribution < 1.29 is 0 Å². The number of alkyl halides is 1. The highest BCUT2D eigenvalue weighted by molar-refractivity contribution is 6.54. The first kappa shape index (κ1) is 11.3. The van der Waals surface area contributed by atoms with Gasteiger partial charge in [-0.15, -0.1) is 11.6 Å². The normalized spacial score (nSPS) is 8.25. The molecule has 0 aromatic carbocycles. The Morgan fingerprint density at radius 1 is 1.25 bits per heavy atom. The van der Waals surface area contributed by atoms with E-state index in [-0.39, 0.29) is 8.80 Å². The highest BCUT2D eigenvalue weighted by atomic mass is 35.5. The van der Waals surface area contributed by atoms with Gasteiger partial charge < -0.3 is 0 Å². The monoisotopic (exact) mass is 152 g/mol. The van der Waals surface area contributed by atoms with Crippen molar-refractivity contribution in [3.05, 3.63) is 0 Å². The van der Waals surface area contributed by atoms with Gasteiger partial charge in [0.15, 0.2) is 0 Å². The van der Waals surface area contributed by atoms with E-state index in [2.05, 4.69) is 19.6 Å². The summed E-state index contributed by atoms with van der Waals surface area (Å²) in [5.41, 5.74) is 0. The van der Waals surface area contributed by atoms with Gasteiger partial charge in [0.05, 0.1) is 0 Å². The Morgan fingerprint density at radius 2 is 1.38 bits per heavy atom. The van der Waals surface area contributed by atoms with Gasteiger partial charge in [-0.2, -0.15) is 0 Å². The third kappa shape index (κ3) is 86.9. The van der Waals surface area contributed by atoms with Gasteiger partial charge in [0.2, 0.25) is 0 Å². The second-order valence-electron chi connectivity index (χ2n) is 2.42. The van der Waals surface area contributed by atoms with Crippen molar-refractivity contribution in [2.75, 3.05) is 5.88 Å². The van der Waals surface area contributed by atoms with Gasteiger partial charge in [0.1, 0.15) is 0 Å². The molecule has 0 aliphatic rings. The average molecular weight is 153 g/mol. The van der Waals surface area contributed by atoms with Crippen LogP contribution in [-0.2, 0) is 0 Å². The summed E-state index contributed by atoms with van der Waals surface area (Å²) < 4.78 is 0. The minimum Gasteiger partial charge on any atom is -0.127 e. The largest absolute Gasteiger partial charge is 0.127 e. The summed E-state index contributed by atoms with van der Waals surface area (Å²) in [6.45, 7) is 8.97. The molecular formula is C6H17ClSi. The molecule has 0 bridgehead atoms. The van der Waals surface area contributed by atoms with Gasteiger partial charge in [0, 0.05) is 14.7 Å². The lowest BCUT2D eigenvalue weighted by Gasteiger charge is -1.75. The predicted molar refractivity (Wildman–Crippen MR) is 45.8 cm³/mol. The zero-order chi connectivity index (χ0) is 6.99. The van der Waals surface area contributed by atoms with Gasteiger partial charge in [-0.1, -0.05) is 26.6 Å². The third-order valence-electron chi connectivity index (χ3n) is 0.189. The number of halogens is 1. The molecule has 0 unspecified atom stereocenters. The summed E-state index contributed by atoms with van der Waals surface area (Å²) in [7, 11) is -0.139. The van der Waals surface area contributed by atoms with Crippen LogP contribution in [0.3, 0.4) is 0 Å². The van der Waals surface area contributed by atoms with Gasteiger partial charge in [-0.05, 0) is 6.42 Å². The van der Waals surface area contributed by atoms with Crippen molar-refractivity contribution in [1.29, 1.82) is 0 Å². The quantitative estimate of drug-likeness (QED) is 0.401. The van der Waals surface area contributed by atoms with Crippen LogP contribution >= 0.6 is 11.6 Å². The molecule has 52 valence electrons. The van der Waals surface area contributed by atoms with E-state index < -0.39 is 0 Å². The first-order chi connectivity index (χ1) is 3.65. The molecule has 0 rings (SSSR count). The molecule has 0 nitrogen and oxygen atoms in total. The number of rotatable bonds is 1. The van der Waals surface area contributed by atoms with Crippen molar-refractivity contribution in [2.24, 2.45) is 0 Å². The minimum absolute atomic E-state index is 0.139. The second kappa shape index (κ2) is 10.5. The van der Waals surface area contributed by atoms with Crippen LogP contribution in [0.4, 0.5) is 0 Å². The molecule has 0 saturated heterocycles. The molecule has 0 saturated carbocycles. The number of hydrogen-bond acceptors (Lipinski definition) is 0. The molecule has 0 heterocycles. The van der Waals surface area contributed by atoms with E-state index in [0.29, 0.717) is 0 Å². The van der Waals surface area contributed by atoms with E-state index in [1.54, 1.807) is 0 Å². The molecule has 0 fully saturated rings. The lowest BCUT2D eigenvalue weighted by Crippen LogP contribution is -1.84. The fourth-order valence-corrected chi connectivity index (χ4v) is 0. The fourth-order valence-electron chi connectivity index (χ4n) is 0. The Hall–Kier alpha value is 0.507. The first-order valence-electron chi connectivity index (χ1n) is 3.21. The molecule has 2 heteroatoms. The molecule has 0 aliphatic carbocycles. The summed E-state index contributed by atoms with van der Waals surface area (Å²) in [5.74, 6) is 0.792. The maximum Gasteiger partial charge on any atom is 0.0274 e. The molecule has 8 heavy (non-hydrogen) atoms. The molecule has 0 radical (unpaired) electrons. The van der Waals surface area contributed by atoms with Crippen LogP contribution in [-0.4, -0.2) is 14.7 Å². The van der Waals surface area contributed by atoms with E-state index >= 15 is 0 Å². The van der Waals surface area contributed by atoms with Crippen molar-refractivity contribution in [2.45, 2.75) is 33.0 Å². The van der Waals surface area contributed by atoms with Crippen molar-refractivity contribution in [3.8, 4) is 0 Å². The molecule has 0 aliphatic heterocycles. The smallest absolute Gasteiger partial charge is 0.0274 e. The van der Waals surface area contributed by atoms with Gasteiger partial charge in [-0.3, -0.25) is 0 Å². The Labute approximate surface area is 59.9 Å². The maximum atomic E-state index is 5.19. The van der Waals surface area contributed by atoms with Crippen LogP contribution in [0.1, 0.15) is 13.3 Å². The third-order valence-corrected chi connectivity index (χ3v) is 0.567. The van der Waals surface area contributed by atoms with E-state index in [1.165, 1.54) is 0 Å². The van der Waals surface area contributed by atoms with Gasteiger partial charge in [0.25, 0.3) is 0 Å². The van der Waals surface area contributed by atoms with Crippen LogP contribution in [0.25, 0.3) is 0 Å². The Bertz CT molecular complexity index is 25.0. The maximum absolute atomic E-state index is 5.19. The van der Waals surface area contributed by atoms with Crippen molar-refractivity contribution in [3.63, 3.8) is 0 Å². The zero-order valence-electron chi connectivity index (χ0n) is 6.37. The summed E-state index contributed by atoms with van der Waals surface area (Å²) in [6.07, 6.45) is 1.08. The SMILES string of the molecule is CCCCl.C[SiH](C)C. The van der Waals surface area contributed by atoms with E-state index in [1.807, 2.05) is 6.92 Å². The molecule has 0 N–H and O–H groups in total. The molecule has 0 atom stereocenters. The van der Waals surface area contributed by atoms with Crippen LogP contribution in [0.5, 0.6) is 0 Å². The van der Waals surface area contributed by atoms with E-state index in [4.69, 9.17) is 11.6 Å². The lowest BCUT2D eigenvalue weighted by atomic mass is 10.6. The van der Waals surface area contributed by atoms with Crippen LogP contribution in [0.2, 0.25) is 19.6 Å². The predicted octanol–water partition coefficient (Wildman–Crippen LogP) is 2.74. The average Bonchev–Trinajstić information content (AvgIpc) is 1.65. The van der Waals surface area contributed by atoms with E-state index in [0.717, 1.165) is 12.3 Å². The van der Waals surface area contributed by atoms with Crippen molar-refractivity contribution in [1.82, 2.24) is 0 Å². The van der Waals surface area contributed by atoms with E-state index in [9.17, 15) is 0 Å². The van der Waals surface area contributed by atoms with Crippen LogP contribution in [0.15, 0.2) is 0 Å². The summed E-state index contributed by atoms with van der Waals surface area (Å²) in [6, 6.07) is 0. The topological polar surface area (TPSA) is 0 Å². The summed E-state index contributed by atoms with van der Waals surface area (Å²) >= 11 is 5.19.